The molecule has 2 aromatic carbocycles. The zero-order valence-corrected chi connectivity index (χ0v) is 13.8. The number of rotatable bonds is 5. The van der Waals surface area contributed by atoms with E-state index in [0.717, 1.165) is 11.1 Å². The van der Waals surface area contributed by atoms with Crippen molar-refractivity contribution in [2.24, 2.45) is 0 Å². The molecule has 6 nitrogen and oxygen atoms in total. The van der Waals surface area contributed by atoms with Gasteiger partial charge in [-0.2, -0.15) is 4.98 Å². The molecule has 4 rings (SSSR count). The number of halogens is 1. The van der Waals surface area contributed by atoms with Crippen molar-refractivity contribution in [3.05, 3.63) is 72.3 Å². The van der Waals surface area contributed by atoms with Gasteiger partial charge in [-0.05, 0) is 48.5 Å². The highest BCUT2D eigenvalue weighted by molar-refractivity contribution is 5.56. The number of ether oxygens (including phenoxy) is 1. The van der Waals surface area contributed by atoms with Crippen molar-refractivity contribution < 1.29 is 18.1 Å². The fraction of sp³-hybridized carbons (Fsp3) is 0.105. The van der Waals surface area contributed by atoms with Gasteiger partial charge in [0.1, 0.15) is 11.6 Å². The molecule has 7 heteroatoms. The Hall–Kier alpha value is -3.48. The van der Waals surface area contributed by atoms with Crippen molar-refractivity contribution in [3.63, 3.8) is 0 Å². The summed E-state index contributed by atoms with van der Waals surface area (Å²) >= 11 is 0. The predicted octanol–water partition coefficient (Wildman–Crippen LogP) is 4.42. The van der Waals surface area contributed by atoms with Crippen molar-refractivity contribution in [1.82, 2.24) is 15.1 Å². The molecule has 0 spiro atoms. The Morgan fingerprint density at radius 1 is 1.00 bits per heavy atom. The summed E-state index contributed by atoms with van der Waals surface area (Å²) in [5.74, 6) is 2.41. The molecule has 4 aromatic rings. The summed E-state index contributed by atoms with van der Waals surface area (Å²) in [5, 5.41) is 3.87. The average Bonchev–Trinajstić information content (AvgIpc) is 3.30. The smallest absolute Gasteiger partial charge is 0.232 e. The maximum atomic E-state index is 13.0. The highest BCUT2D eigenvalue weighted by Crippen LogP contribution is 2.23. The number of oxazole rings is 1. The van der Waals surface area contributed by atoms with Crippen LogP contribution < -0.4 is 4.74 Å². The van der Waals surface area contributed by atoms with Crippen molar-refractivity contribution >= 4 is 0 Å². The second-order valence-electron chi connectivity index (χ2n) is 5.58. The molecule has 26 heavy (non-hydrogen) atoms. The Kier molecular flexibility index (Phi) is 4.18. The monoisotopic (exact) mass is 351 g/mol. The first-order valence-corrected chi connectivity index (χ1v) is 7.91. The lowest BCUT2D eigenvalue weighted by molar-refractivity contribution is 0.264. The third kappa shape index (κ3) is 3.46. The summed E-state index contributed by atoms with van der Waals surface area (Å²) in [6, 6.07) is 13.3. The standard InChI is InChI=1S/C19H14FN3O3/c1-12-22-19(23-26-12)14-4-8-16(9-5-14)24-11-18-21-10-17(25-18)13-2-6-15(20)7-3-13/h2-10H,11H2,1H3. The number of hydrogen-bond acceptors (Lipinski definition) is 6. The minimum atomic E-state index is -0.295. The molecule has 0 saturated heterocycles. The molecule has 0 fully saturated rings. The van der Waals surface area contributed by atoms with Crippen molar-refractivity contribution in [3.8, 4) is 28.5 Å². The van der Waals surface area contributed by atoms with Gasteiger partial charge < -0.3 is 13.7 Å². The summed E-state index contributed by atoms with van der Waals surface area (Å²) < 4.78 is 29.3. The van der Waals surface area contributed by atoms with Gasteiger partial charge in [0.15, 0.2) is 12.4 Å². The third-order valence-electron chi connectivity index (χ3n) is 3.68. The Balaban J connectivity index is 1.40. The van der Waals surface area contributed by atoms with E-state index in [0.29, 0.717) is 29.1 Å². The molecule has 0 saturated carbocycles. The van der Waals surface area contributed by atoms with Crippen LogP contribution in [-0.4, -0.2) is 15.1 Å². The van der Waals surface area contributed by atoms with Gasteiger partial charge >= 0.3 is 0 Å². The van der Waals surface area contributed by atoms with Crippen LogP contribution in [0.5, 0.6) is 5.75 Å². The van der Waals surface area contributed by atoms with Crippen LogP contribution in [-0.2, 0) is 6.61 Å². The van der Waals surface area contributed by atoms with Crippen LogP contribution in [0.1, 0.15) is 11.8 Å². The first-order valence-electron chi connectivity index (χ1n) is 7.91. The van der Waals surface area contributed by atoms with Crippen molar-refractivity contribution in [2.75, 3.05) is 0 Å². The lowest BCUT2D eigenvalue weighted by atomic mass is 10.2. The van der Waals surface area contributed by atoms with E-state index >= 15 is 0 Å². The van der Waals surface area contributed by atoms with Crippen LogP contribution in [0.15, 0.2) is 63.7 Å². The fourth-order valence-electron chi connectivity index (χ4n) is 2.39. The van der Waals surface area contributed by atoms with E-state index in [4.69, 9.17) is 13.7 Å². The molecule has 2 heterocycles. The van der Waals surface area contributed by atoms with Gasteiger partial charge in [0.2, 0.25) is 17.6 Å². The molecule has 0 unspecified atom stereocenters. The van der Waals surface area contributed by atoms with E-state index in [1.165, 1.54) is 12.1 Å². The maximum Gasteiger partial charge on any atom is 0.232 e. The molecule has 0 amide bonds. The summed E-state index contributed by atoms with van der Waals surface area (Å²) in [6.45, 7) is 1.92. The maximum absolute atomic E-state index is 13.0. The number of aromatic nitrogens is 3. The molecule has 0 aliphatic carbocycles. The molecule has 0 aliphatic rings. The van der Waals surface area contributed by atoms with E-state index in [1.807, 2.05) is 24.3 Å². The van der Waals surface area contributed by atoms with Gasteiger partial charge in [0, 0.05) is 18.1 Å². The van der Waals surface area contributed by atoms with E-state index in [2.05, 4.69) is 15.1 Å². The first kappa shape index (κ1) is 16.0. The van der Waals surface area contributed by atoms with Gasteiger partial charge in [-0.25, -0.2) is 9.37 Å². The van der Waals surface area contributed by atoms with E-state index in [9.17, 15) is 4.39 Å². The molecular formula is C19H14FN3O3. The van der Waals surface area contributed by atoms with Crippen molar-refractivity contribution in [2.45, 2.75) is 13.5 Å². The van der Waals surface area contributed by atoms with Crippen LogP contribution in [0.25, 0.3) is 22.7 Å². The van der Waals surface area contributed by atoms with Gasteiger partial charge in [0.25, 0.3) is 0 Å². The minimum absolute atomic E-state index is 0.182. The van der Waals surface area contributed by atoms with Gasteiger partial charge in [0.05, 0.1) is 6.20 Å². The fourth-order valence-corrected chi connectivity index (χ4v) is 2.39. The van der Waals surface area contributed by atoms with Crippen LogP contribution in [0.2, 0.25) is 0 Å². The number of nitrogens with zero attached hydrogens (tertiary/aromatic N) is 3. The molecule has 0 aliphatic heterocycles. The first-order chi connectivity index (χ1) is 12.7. The number of hydrogen-bond donors (Lipinski definition) is 0. The SMILES string of the molecule is Cc1nc(-c2ccc(OCc3ncc(-c4ccc(F)cc4)o3)cc2)no1. The molecule has 2 aromatic heterocycles. The third-order valence-corrected chi connectivity index (χ3v) is 3.68. The zero-order chi connectivity index (χ0) is 17.9. The van der Waals surface area contributed by atoms with Crippen LogP contribution >= 0.6 is 0 Å². The molecule has 0 N–H and O–H groups in total. The second-order valence-corrected chi connectivity index (χ2v) is 5.58. The Bertz CT molecular complexity index is 1010. The van der Waals surface area contributed by atoms with Gasteiger partial charge in [-0.15, -0.1) is 0 Å². The number of aryl methyl sites for hydroxylation is 1. The Labute approximate surface area is 148 Å². The van der Waals surface area contributed by atoms with Crippen LogP contribution in [0, 0.1) is 12.7 Å². The van der Waals surface area contributed by atoms with Crippen LogP contribution in [0.3, 0.4) is 0 Å². The molecule has 130 valence electrons. The second kappa shape index (κ2) is 6.79. The quantitative estimate of drug-likeness (QED) is 0.530. The molecule has 0 bridgehead atoms. The lowest BCUT2D eigenvalue weighted by Gasteiger charge is -2.04. The van der Waals surface area contributed by atoms with Gasteiger partial charge in [-0.1, -0.05) is 5.16 Å². The summed E-state index contributed by atoms with van der Waals surface area (Å²) in [4.78, 5) is 8.35. The number of benzene rings is 2. The highest BCUT2D eigenvalue weighted by atomic mass is 19.1. The Morgan fingerprint density at radius 3 is 2.42 bits per heavy atom. The zero-order valence-electron chi connectivity index (χ0n) is 13.8. The average molecular weight is 351 g/mol. The van der Waals surface area contributed by atoms with E-state index in [-0.39, 0.29) is 12.4 Å². The van der Waals surface area contributed by atoms with Crippen molar-refractivity contribution in [1.29, 1.82) is 0 Å². The largest absolute Gasteiger partial charge is 0.484 e. The van der Waals surface area contributed by atoms with Gasteiger partial charge in [-0.3, -0.25) is 0 Å². The molecule has 0 radical (unpaired) electrons. The molecular weight excluding hydrogens is 337 g/mol. The van der Waals surface area contributed by atoms with Crippen LogP contribution in [0.4, 0.5) is 4.39 Å². The predicted molar refractivity (Wildman–Crippen MR) is 90.7 cm³/mol. The van der Waals surface area contributed by atoms with E-state index < -0.39 is 0 Å². The summed E-state index contributed by atoms with van der Waals surface area (Å²) in [6.07, 6.45) is 1.59. The lowest BCUT2D eigenvalue weighted by Crippen LogP contribution is -1.95. The Morgan fingerprint density at radius 2 is 1.73 bits per heavy atom. The summed E-state index contributed by atoms with van der Waals surface area (Å²) in [5.41, 5.74) is 1.59. The topological polar surface area (TPSA) is 74.2 Å². The summed E-state index contributed by atoms with van der Waals surface area (Å²) in [7, 11) is 0. The molecule has 0 atom stereocenters. The normalized spacial score (nSPS) is 10.8. The highest BCUT2D eigenvalue weighted by Gasteiger charge is 2.09. The van der Waals surface area contributed by atoms with E-state index in [1.54, 1.807) is 25.3 Å². The minimum Gasteiger partial charge on any atom is -0.484 e.